The summed E-state index contributed by atoms with van der Waals surface area (Å²) >= 11 is 0. The van der Waals surface area contributed by atoms with E-state index in [1.54, 1.807) is 0 Å². The van der Waals surface area contributed by atoms with Crippen LogP contribution in [0.25, 0.3) is 0 Å². The zero-order valence-corrected chi connectivity index (χ0v) is 7.06. The first kappa shape index (κ1) is 7.93. The van der Waals surface area contributed by atoms with Gasteiger partial charge in [-0.25, -0.2) is 0 Å². The lowest BCUT2D eigenvalue weighted by molar-refractivity contribution is 0.242. The summed E-state index contributed by atoms with van der Waals surface area (Å²) in [5.41, 5.74) is 0. The highest BCUT2D eigenvalue weighted by molar-refractivity contribution is 5.40. The number of nitrogens with zero attached hydrogens (tertiary/aromatic N) is 1. The SMILES string of the molecule is N#CC1CCOc2ccccc2O1. The van der Waals surface area contributed by atoms with Gasteiger partial charge in [0.1, 0.15) is 6.07 Å². The summed E-state index contributed by atoms with van der Waals surface area (Å²) in [4.78, 5) is 0. The molecule has 0 bridgehead atoms. The Hall–Kier alpha value is -1.69. The Morgan fingerprint density at radius 1 is 1.31 bits per heavy atom. The van der Waals surface area contributed by atoms with Crippen molar-refractivity contribution in [3.05, 3.63) is 24.3 Å². The van der Waals surface area contributed by atoms with E-state index in [0.29, 0.717) is 18.8 Å². The molecule has 0 amide bonds. The summed E-state index contributed by atoms with van der Waals surface area (Å²) in [7, 11) is 0. The lowest BCUT2D eigenvalue weighted by Gasteiger charge is -2.07. The predicted molar refractivity (Wildman–Crippen MR) is 46.6 cm³/mol. The molecule has 0 fully saturated rings. The van der Waals surface area contributed by atoms with Gasteiger partial charge in [0.05, 0.1) is 6.61 Å². The van der Waals surface area contributed by atoms with Crippen molar-refractivity contribution in [2.45, 2.75) is 12.5 Å². The molecular weight excluding hydrogens is 166 g/mol. The highest BCUT2D eigenvalue weighted by Gasteiger charge is 2.16. The van der Waals surface area contributed by atoms with Crippen LogP contribution in [0.2, 0.25) is 0 Å². The van der Waals surface area contributed by atoms with Crippen LogP contribution in [0.3, 0.4) is 0 Å². The molecule has 1 aliphatic rings. The van der Waals surface area contributed by atoms with Crippen LogP contribution < -0.4 is 9.47 Å². The molecule has 0 saturated heterocycles. The molecule has 0 spiro atoms. The monoisotopic (exact) mass is 175 g/mol. The number of hydrogen-bond donors (Lipinski definition) is 0. The average Bonchev–Trinajstić information content (AvgIpc) is 2.38. The number of nitriles is 1. The van der Waals surface area contributed by atoms with Gasteiger partial charge < -0.3 is 9.47 Å². The van der Waals surface area contributed by atoms with E-state index in [-0.39, 0.29) is 6.10 Å². The van der Waals surface area contributed by atoms with Gasteiger partial charge in [-0.05, 0) is 12.1 Å². The first-order valence-corrected chi connectivity index (χ1v) is 4.18. The van der Waals surface area contributed by atoms with Crippen molar-refractivity contribution in [3.8, 4) is 17.6 Å². The highest BCUT2D eigenvalue weighted by atomic mass is 16.5. The molecule has 0 saturated carbocycles. The molecule has 0 aliphatic carbocycles. The van der Waals surface area contributed by atoms with Crippen molar-refractivity contribution < 1.29 is 9.47 Å². The molecule has 1 unspecified atom stereocenters. The summed E-state index contributed by atoms with van der Waals surface area (Å²) in [6, 6.07) is 9.48. The zero-order valence-electron chi connectivity index (χ0n) is 7.06. The van der Waals surface area contributed by atoms with Crippen molar-refractivity contribution in [2.75, 3.05) is 6.61 Å². The first-order valence-electron chi connectivity index (χ1n) is 4.18. The molecule has 2 rings (SSSR count). The lowest BCUT2D eigenvalue weighted by atomic mass is 10.3. The zero-order chi connectivity index (χ0) is 9.10. The van der Waals surface area contributed by atoms with Gasteiger partial charge in [0.2, 0.25) is 0 Å². The van der Waals surface area contributed by atoms with Gasteiger partial charge >= 0.3 is 0 Å². The first-order chi connectivity index (χ1) is 6.40. The number of fused-ring (bicyclic) bond motifs is 1. The van der Waals surface area contributed by atoms with Crippen LogP contribution in [-0.4, -0.2) is 12.7 Å². The number of ether oxygens (including phenoxy) is 2. The molecule has 0 aromatic heterocycles. The fraction of sp³-hybridized carbons (Fsp3) is 0.300. The van der Waals surface area contributed by atoms with Gasteiger partial charge in [-0.2, -0.15) is 5.26 Å². The molecular formula is C10H9NO2. The summed E-state index contributed by atoms with van der Waals surface area (Å²) in [6.45, 7) is 0.537. The molecule has 1 aromatic rings. The van der Waals surface area contributed by atoms with E-state index in [0.717, 1.165) is 5.75 Å². The Kier molecular flexibility index (Phi) is 2.05. The fourth-order valence-electron chi connectivity index (χ4n) is 1.25. The third kappa shape index (κ3) is 1.57. The maximum absolute atomic E-state index is 8.71. The van der Waals surface area contributed by atoms with Crippen molar-refractivity contribution in [2.24, 2.45) is 0 Å². The van der Waals surface area contributed by atoms with Gasteiger partial charge in [-0.1, -0.05) is 12.1 Å². The number of hydrogen-bond acceptors (Lipinski definition) is 3. The van der Waals surface area contributed by atoms with Crippen LogP contribution >= 0.6 is 0 Å². The summed E-state index contributed by atoms with van der Waals surface area (Å²) in [5.74, 6) is 1.38. The second-order valence-corrected chi connectivity index (χ2v) is 2.82. The Labute approximate surface area is 76.5 Å². The standard InChI is InChI=1S/C10H9NO2/c11-7-8-5-6-12-9-3-1-2-4-10(9)13-8/h1-4,8H,5-6H2. The summed E-state index contributed by atoms with van der Waals surface area (Å²) in [5, 5.41) is 8.71. The van der Waals surface area contributed by atoms with Crippen molar-refractivity contribution in [1.29, 1.82) is 5.26 Å². The molecule has 1 heterocycles. The molecule has 1 aliphatic heterocycles. The fourth-order valence-corrected chi connectivity index (χ4v) is 1.25. The lowest BCUT2D eigenvalue weighted by Crippen LogP contribution is -2.13. The largest absolute Gasteiger partial charge is 0.490 e. The smallest absolute Gasteiger partial charge is 0.187 e. The maximum atomic E-state index is 8.71. The molecule has 13 heavy (non-hydrogen) atoms. The molecule has 3 nitrogen and oxygen atoms in total. The van der Waals surface area contributed by atoms with E-state index in [4.69, 9.17) is 14.7 Å². The van der Waals surface area contributed by atoms with Gasteiger partial charge in [0.25, 0.3) is 0 Å². The second-order valence-electron chi connectivity index (χ2n) is 2.82. The van der Waals surface area contributed by atoms with Gasteiger partial charge in [-0.3, -0.25) is 0 Å². The molecule has 1 aromatic carbocycles. The minimum Gasteiger partial charge on any atom is -0.490 e. The summed E-state index contributed by atoms with van der Waals surface area (Å²) in [6.07, 6.45) is 0.231. The van der Waals surface area contributed by atoms with E-state index < -0.39 is 0 Å². The van der Waals surface area contributed by atoms with Crippen molar-refractivity contribution in [3.63, 3.8) is 0 Å². The van der Waals surface area contributed by atoms with E-state index in [2.05, 4.69) is 6.07 Å². The van der Waals surface area contributed by atoms with E-state index >= 15 is 0 Å². The minimum atomic E-state index is -0.386. The topological polar surface area (TPSA) is 42.2 Å². The normalized spacial score (nSPS) is 20.1. The van der Waals surface area contributed by atoms with Crippen LogP contribution in [0, 0.1) is 11.3 Å². The Morgan fingerprint density at radius 2 is 2.08 bits per heavy atom. The summed E-state index contributed by atoms with van der Waals surface area (Å²) < 4.78 is 10.8. The number of benzene rings is 1. The molecule has 0 radical (unpaired) electrons. The highest BCUT2D eigenvalue weighted by Crippen LogP contribution is 2.29. The van der Waals surface area contributed by atoms with Gasteiger partial charge in [0.15, 0.2) is 17.6 Å². The Balaban J connectivity index is 2.30. The molecule has 0 N–H and O–H groups in total. The van der Waals surface area contributed by atoms with Crippen LogP contribution in [0.1, 0.15) is 6.42 Å². The number of rotatable bonds is 0. The van der Waals surface area contributed by atoms with Gasteiger partial charge in [0, 0.05) is 6.42 Å². The molecule has 66 valence electrons. The minimum absolute atomic E-state index is 0.386. The van der Waals surface area contributed by atoms with Crippen LogP contribution in [-0.2, 0) is 0 Å². The van der Waals surface area contributed by atoms with E-state index in [9.17, 15) is 0 Å². The third-order valence-electron chi connectivity index (χ3n) is 1.90. The number of para-hydroxylation sites is 2. The Morgan fingerprint density at radius 3 is 2.85 bits per heavy atom. The van der Waals surface area contributed by atoms with E-state index in [1.807, 2.05) is 24.3 Å². The molecule has 1 atom stereocenters. The maximum Gasteiger partial charge on any atom is 0.187 e. The quantitative estimate of drug-likeness (QED) is 0.603. The second kappa shape index (κ2) is 3.36. The molecule has 3 heteroatoms. The third-order valence-corrected chi connectivity index (χ3v) is 1.90. The van der Waals surface area contributed by atoms with Gasteiger partial charge in [-0.15, -0.1) is 0 Å². The Bertz CT molecular complexity index is 343. The van der Waals surface area contributed by atoms with Crippen LogP contribution in [0.4, 0.5) is 0 Å². The average molecular weight is 175 g/mol. The van der Waals surface area contributed by atoms with E-state index in [1.165, 1.54) is 0 Å². The van der Waals surface area contributed by atoms with Crippen molar-refractivity contribution in [1.82, 2.24) is 0 Å². The van der Waals surface area contributed by atoms with Crippen molar-refractivity contribution >= 4 is 0 Å². The van der Waals surface area contributed by atoms with Crippen LogP contribution in [0.5, 0.6) is 11.5 Å². The van der Waals surface area contributed by atoms with Crippen LogP contribution in [0.15, 0.2) is 24.3 Å². The predicted octanol–water partition coefficient (Wildman–Crippen LogP) is 1.74.